The highest BCUT2D eigenvalue weighted by Crippen LogP contribution is 2.29. The Balaban J connectivity index is 1.67. The van der Waals surface area contributed by atoms with Crippen molar-refractivity contribution in [1.82, 2.24) is 10.6 Å². The van der Waals surface area contributed by atoms with Crippen LogP contribution >= 0.6 is 11.3 Å². The first-order valence-electron chi connectivity index (χ1n) is 8.66. The maximum atomic E-state index is 12.0. The minimum Gasteiger partial charge on any atom is -0.454 e. The second kappa shape index (κ2) is 8.99. The molecule has 1 saturated carbocycles. The van der Waals surface area contributed by atoms with E-state index >= 15 is 0 Å². The standard InChI is InChI=1S/C18H26N2O4S/c1-11-5-4-6-14(13(11)3)20-16(21)10-24-17(22)9-19-18(23)15-8-7-12(2)25-15/h7-8,11,13-14H,4-6,9-10H2,1-3H3,(H,19,23)(H,20,21)/t11-,13-,14+/m0/s1. The number of aryl methyl sites for hydroxylation is 1. The summed E-state index contributed by atoms with van der Waals surface area (Å²) in [5.41, 5.74) is 0. The van der Waals surface area contributed by atoms with E-state index in [2.05, 4.69) is 24.5 Å². The van der Waals surface area contributed by atoms with Crippen LogP contribution in [-0.2, 0) is 14.3 Å². The minimum absolute atomic E-state index is 0.136. The first kappa shape index (κ1) is 19.4. The van der Waals surface area contributed by atoms with Crippen LogP contribution in [0.1, 0.15) is 47.7 Å². The molecule has 0 radical (unpaired) electrons. The number of carbonyl (C=O) groups excluding carboxylic acids is 3. The largest absolute Gasteiger partial charge is 0.454 e. The predicted octanol–water partition coefficient (Wildman–Crippen LogP) is 2.27. The maximum absolute atomic E-state index is 12.0. The summed E-state index contributed by atoms with van der Waals surface area (Å²) in [6.45, 7) is 5.68. The van der Waals surface area contributed by atoms with Crippen LogP contribution in [0.2, 0.25) is 0 Å². The van der Waals surface area contributed by atoms with Crippen molar-refractivity contribution in [2.75, 3.05) is 13.2 Å². The highest BCUT2D eigenvalue weighted by molar-refractivity contribution is 7.13. The van der Waals surface area contributed by atoms with Crippen LogP contribution in [0.25, 0.3) is 0 Å². The van der Waals surface area contributed by atoms with Crippen molar-refractivity contribution in [3.8, 4) is 0 Å². The topological polar surface area (TPSA) is 84.5 Å². The molecule has 138 valence electrons. The lowest BCUT2D eigenvalue weighted by Crippen LogP contribution is -2.45. The number of amides is 2. The van der Waals surface area contributed by atoms with Gasteiger partial charge in [0.1, 0.15) is 6.54 Å². The van der Waals surface area contributed by atoms with E-state index in [1.807, 2.05) is 13.0 Å². The zero-order chi connectivity index (χ0) is 18.4. The number of ether oxygens (including phenoxy) is 1. The van der Waals surface area contributed by atoms with Gasteiger partial charge in [0.25, 0.3) is 11.8 Å². The summed E-state index contributed by atoms with van der Waals surface area (Å²) in [6.07, 6.45) is 3.25. The molecular weight excluding hydrogens is 340 g/mol. The lowest BCUT2D eigenvalue weighted by molar-refractivity contribution is -0.147. The Labute approximate surface area is 152 Å². The van der Waals surface area contributed by atoms with E-state index in [-0.39, 0.29) is 31.0 Å². The van der Waals surface area contributed by atoms with Gasteiger partial charge in [0, 0.05) is 10.9 Å². The van der Waals surface area contributed by atoms with Gasteiger partial charge in [-0.15, -0.1) is 11.3 Å². The minimum atomic E-state index is -0.623. The SMILES string of the molecule is Cc1ccc(C(=O)NCC(=O)OCC(=O)N[C@@H]2CCC[C@H](C)[C@@H]2C)s1. The summed E-state index contributed by atoms with van der Waals surface area (Å²) in [5.74, 6) is -0.231. The van der Waals surface area contributed by atoms with Crippen molar-refractivity contribution in [1.29, 1.82) is 0 Å². The van der Waals surface area contributed by atoms with Gasteiger partial charge in [-0.25, -0.2) is 0 Å². The highest BCUT2D eigenvalue weighted by Gasteiger charge is 2.28. The molecule has 0 unspecified atom stereocenters. The number of nitrogens with one attached hydrogen (secondary N) is 2. The van der Waals surface area contributed by atoms with E-state index in [9.17, 15) is 14.4 Å². The van der Waals surface area contributed by atoms with Gasteiger partial charge in [-0.3, -0.25) is 14.4 Å². The van der Waals surface area contributed by atoms with Gasteiger partial charge in [0.05, 0.1) is 4.88 Å². The molecule has 0 spiro atoms. The summed E-state index contributed by atoms with van der Waals surface area (Å²) in [7, 11) is 0. The van der Waals surface area contributed by atoms with Gasteiger partial charge < -0.3 is 15.4 Å². The zero-order valence-electron chi connectivity index (χ0n) is 15.0. The molecule has 0 aliphatic heterocycles. The third-order valence-electron chi connectivity index (χ3n) is 4.77. The average Bonchev–Trinajstić information content (AvgIpc) is 3.01. The Bertz CT molecular complexity index is 628. The second-order valence-corrected chi connectivity index (χ2v) is 7.98. The summed E-state index contributed by atoms with van der Waals surface area (Å²) < 4.78 is 4.94. The summed E-state index contributed by atoms with van der Waals surface area (Å²) in [4.78, 5) is 37.1. The van der Waals surface area contributed by atoms with Crippen molar-refractivity contribution >= 4 is 29.1 Å². The van der Waals surface area contributed by atoms with E-state index in [0.717, 1.165) is 17.7 Å². The van der Waals surface area contributed by atoms with Gasteiger partial charge >= 0.3 is 5.97 Å². The fourth-order valence-electron chi connectivity index (χ4n) is 3.03. The second-order valence-electron chi connectivity index (χ2n) is 6.69. The Morgan fingerprint density at radius 3 is 2.68 bits per heavy atom. The highest BCUT2D eigenvalue weighted by atomic mass is 32.1. The van der Waals surface area contributed by atoms with Gasteiger partial charge in [-0.2, -0.15) is 0 Å². The predicted molar refractivity (Wildman–Crippen MR) is 96.5 cm³/mol. The molecule has 6 nitrogen and oxygen atoms in total. The molecule has 2 rings (SSSR count). The van der Waals surface area contributed by atoms with Crippen LogP contribution in [-0.4, -0.2) is 37.0 Å². The third-order valence-corrected chi connectivity index (χ3v) is 5.77. The summed E-state index contributed by atoms with van der Waals surface area (Å²) in [6, 6.07) is 3.69. The van der Waals surface area contributed by atoms with Crippen molar-refractivity contribution < 1.29 is 19.1 Å². The Kier molecular flexibility index (Phi) is 6.99. The number of hydrogen-bond acceptors (Lipinski definition) is 5. The number of hydrogen-bond donors (Lipinski definition) is 2. The third kappa shape index (κ3) is 5.85. The molecule has 1 aliphatic carbocycles. The molecule has 1 fully saturated rings. The number of esters is 1. The fraction of sp³-hybridized carbons (Fsp3) is 0.611. The normalized spacial score (nSPS) is 22.9. The molecule has 0 aromatic carbocycles. The quantitative estimate of drug-likeness (QED) is 0.757. The van der Waals surface area contributed by atoms with Crippen LogP contribution in [0.15, 0.2) is 12.1 Å². The maximum Gasteiger partial charge on any atom is 0.325 e. The summed E-state index contributed by atoms with van der Waals surface area (Å²) in [5, 5.41) is 5.44. The molecule has 2 amide bonds. The lowest BCUT2D eigenvalue weighted by Gasteiger charge is -2.34. The van der Waals surface area contributed by atoms with E-state index in [1.165, 1.54) is 17.8 Å². The first-order chi connectivity index (χ1) is 11.9. The molecule has 7 heteroatoms. The Morgan fingerprint density at radius 1 is 1.24 bits per heavy atom. The van der Waals surface area contributed by atoms with Gasteiger partial charge in [-0.05, 0) is 37.3 Å². The Hall–Kier alpha value is -1.89. The monoisotopic (exact) mass is 366 g/mol. The molecule has 25 heavy (non-hydrogen) atoms. The van der Waals surface area contributed by atoms with Crippen molar-refractivity contribution in [3.05, 3.63) is 21.9 Å². The van der Waals surface area contributed by atoms with E-state index in [1.54, 1.807) is 6.07 Å². The average molecular weight is 366 g/mol. The van der Waals surface area contributed by atoms with E-state index < -0.39 is 5.97 Å². The van der Waals surface area contributed by atoms with Crippen LogP contribution in [0.5, 0.6) is 0 Å². The van der Waals surface area contributed by atoms with Crippen molar-refractivity contribution in [3.63, 3.8) is 0 Å². The number of thiophene rings is 1. The number of rotatable bonds is 6. The zero-order valence-corrected chi connectivity index (χ0v) is 15.8. The van der Waals surface area contributed by atoms with Gasteiger partial charge in [0.15, 0.2) is 6.61 Å². The van der Waals surface area contributed by atoms with Gasteiger partial charge in [0.2, 0.25) is 0 Å². The van der Waals surface area contributed by atoms with Crippen LogP contribution < -0.4 is 10.6 Å². The Morgan fingerprint density at radius 2 is 2.00 bits per heavy atom. The van der Waals surface area contributed by atoms with E-state index in [4.69, 9.17) is 4.74 Å². The molecule has 1 aromatic rings. The molecule has 0 bridgehead atoms. The number of carbonyl (C=O) groups is 3. The molecular formula is C18H26N2O4S. The molecule has 1 aromatic heterocycles. The van der Waals surface area contributed by atoms with E-state index in [0.29, 0.717) is 16.7 Å². The van der Waals surface area contributed by atoms with Crippen LogP contribution in [0, 0.1) is 18.8 Å². The molecule has 3 atom stereocenters. The molecule has 2 N–H and O–H groups in total. The lowest BCUT2D eigenvalue weighted by atomic mass is 9.78. The summed E-state index contributed by atoms with van der Waals surface area (Å²) >= 11 is 1.36. The van der Waals surface area contributed by atoms with Crippen LogP contribution in [0.4, 0.5) is 0 Å². The fourth-order valence-corrected chi connectivity index (χ4v) is 3.81. The molecule has 1 aliphatic rings. The molecule has 1 heterocycles. The smallest absolute Gasteiger partial charge is 0.325 e. The first-order valence-corrected chi connectivity index (χ1v) is 9.48. The van der Waals surface area contributed by atoms with Crippen molar-refractivity contribution in [2.24, 2.45) is 11.8 Å². The van der Waals surface area contributed by atoms with Crippen LogP contribution in [0.3, 0.4) is 0 Å². The van der Waals surface area contributed by atoms with Gasteiger partial charge in [-0.1, -0.05) is 26.7 Å². The van der Waals surface area contributed by atoms with Crippen molar-refractivity contribution in [2.45, 2.75) is 46.1 Å². The molecule has 0 saturated heterocycles.